The molecule has 0 saturated carbocycles. The molecule has 5 heteroatoms. The molecule has 1 amide bonds. The number of amides is 1. The third-order valence-electron chi connectivity index (χ3n) is 3.34. The number of halogens is 1. The predicted octanol–water partition coefficient (Wildman–Crippen LogP) is 3.85. The Balaban J connectivity index is 1.96. The maximum absolute atomic E-state index is 12.3. The van der Waals surface area contributed by atoms with Gasteiger partial charge in [-0.1, -0.05) is 12.1 Å². The van der Waals surface area contributed by atoms with Gasteiger partial charge in [0.2, 0.25) is 0 Å². The minimum atomic E-state index is -0.227. The lowest BCUT2D eigenvalue weighted by atomic mass is 10.1. The molecule has 0 radical (unpaired) electrons. The van der Waals surface area contributed by atoms with Gasteiger partial charge in [-0.15, -0.1) is 0 Å². The lowest BCUT2D eigenvalue weighted by molar-refractivity contribution is 0.102. The average molecular weight is 357 g/mol. The second kappa shape index (κ2) is 5.77. The van der Waals surface area contributed by atoms with Crippen molar-refractivity contribution in [3.05, 3.63) is 74.5 Å². The summed E-state index contributed by atoms with van der Waals surface area (Å²) in [4.78, 5) is 27.4. The van der Waals surface area contributed by atoms with E-state index < -0.39 is 0 Å². The zero-order chi connectivity index (χ0) is 15.7. The van der Waals surface area contributed by atoms with Crippen LogP contribution < -0.4 is 10.7 Å². The Morgan fingerprint density at radius 1 is 1.14 bits per heavy atom. The molecule has 2 aromatic carbocycles. The maximum atomic E-state index is 12.3. The molecule has 0 saturated heterocycles. The summed E-state index contributed by atoms with van der Waals surface area (Å²) in [7, 11) is 0. The van der Waals surface area contributed by atoms with Crippen LogP contribution in [0.5, 0.6) is 0 Å². The Bertz CT molecular complexity index is 931. The van der Waals surface area contributed by atoms with Gasteiger partial charge in [0, 0.05) is 32.8 Å². The van der Waals surface area contributed by atoms with Crippen molar-refractivity contribution in [1.29, 1.82) is 0 Å². The molecule has 1 heterocycles. The number of carbonyl (C=O) groups is 1. The molecule has 110 valence electrons. The molecule has 2 N–H and O–H groups in total. The number of H-pyrrole nitrogens is 1. The molecule has 22 heavy (non-hydrogen) atoms. The molecule has 0 aliphatic heterocycles. The van der Waals surface area contributed by atoms with Crippen LogP contribution in [0.4, 0.5) is 5.69 Å². The van der Waals surface area contributed by atoms with E-state index in [0.29, 0.717) is 16.6 Å². The Labute approximate surface area is 135 Å². The number of aromatic nitrogens is 1. The summed E-state index contributed by atoms with van der Waals surface area (Å²) < 4.78 is 0.724. The Morgan fingerprint density at radius 2 is 1.91 bits per heavy atom. The van der Waals surface area contributed by atoms with Crippen molar-refractivity contribution in [2.75, 3.05) is 5.32 Å². The second-order valence-corrected chi connectivity index (χ2v) is 5.87. The van der Waals surface area contributed by atoms with E-state index in [1.807, 2.05) is 19.1 Å². The molecule has 0 unspecified atom stereocenters. The van der Waals surface area contributed by atoms with Crippen molar-refractivity contribution >= 4 is 38.4 Å². The number of carbonyl (C=O) groups excluding carboxylic acids is 1. The number of nitrogens with one attached hydrogen (secondary N) is 2. The second-order valence-electron chi connectivity index (χ2n) is 5.01. The lowest BCUT2D eigenvalue weighted by Gasteiger charge is -2.08. The van der Waals surface area contributed by atoms with Gasteiger partial charge in [0.25, 0.3) is 5.91 Å². The van der Waals surface area contributed by atoms with Gasteiger partial charge in [-0.25, -0.2) is 0 Å². The normalized spacial score (nSPS) is 10.6. The highest BCUT2D eigenvalue weighted by Gasteiger charge is 2.10. The molecule has 3 rings (SSSR count). The van der Waals surface area contributed by atoms with Crippen LogP contribution in [-0.2, 0) is 0 Å². The largest absolute Gasteiger partial charge is 0.358 e. The van der Waals surface area contributed by atoms with Gasteiger partial charge in [-0.3, -0.25) is 9.59 Å². The smallest absolute Gasteiger partial charge is 0.256 e. The van der Waals surface area contributed by atoms with Crippen molar-refractivity contribution in [1.82, 2.24) is 4.98 Å². The first-order chi connectivity index (χ1) is 10.5. The van der Waals surface area contributed by atoms with E-state index in [4.69, 9.17) is 0 Å². The van der Waals surface area contributed by atoms with Crippen molar-refractivity contribution in [3.63, 3.8) is 0 Å². The summed E-state index contributed by atoms with van der Waals surface area (Å²) >= 11 is 3.35. The SMILES string of the molecule is Cc1cc(=O)c2cc(NC(=O)c3ccccc3Br)ccc2[nH]1. The van der Waals surface area contributed by atoms with Crippen LogP contribution in [0.25, 0.3) is 10.9 Å². The molecule has 0 spiro atoms. The van der Waals surface area contributed by atoms with E-state index in [1.54, 1.807) is 36.4 Å². The Hall–Kier alpha value is -2.40. The van der Waals surface area contributed by atoms with Crippen LogP contribution in [0.15, 0.2) is 57.8 Å². The van der Waals surface area contributed by atoms with Gasteiger partial charge in [0.15, 0.2) is 5.43 Å². The van der Waals surface area contributed by atoms with Gasteiger partial charge in [0.1, 0.15) is 0 Å². The van der Waals surface area contributed by atoms with Crippen LogP contribution in [0, 0.1) is 6.92 Å². The van der Waals surface area contributed by atoms with Gasteiger partial charge in [0.05, 0.1) is 5.56 Å². The number of rotatable bonds is 2. The van der Waals surface area contributed by atoms with E-state index >= 15 is 0 Å². The zero-order valence-corrected chi connectivity index (χ0v) is 13.4. The highest BCUT2D eigenvalue weighted by molar-refractivity contribution is 9.10. The first-order valence-electron chi connectivity index (χ1n) is 6.74. The number of hydrogen-bond acceptors (Lipinski definition) is 2. The quantitative estimate of drug-likeness (QED) is 0.732. The molecule has 4 nitrogen and oxygen atoms in total. The molecule has 0 aliphatic carbocycles. The van der Waals surface area contributed by atoms with E-state index in [0.717, 1.165) is 15.7 Å². The van der Waals surface area contributed by atoms with Crippen LogP contribution in [0.2, 0.25) is 0 Å². The van der Waals surface area contributed by atoms with Gasteiger partial charge in [-0.05, 0) is 53.2 Å². The fourth-order valence-electron chi connectivity index (χ4n) is 2.30. The first kappa shape index (κ1) is 14.5. The minimum Gasteiger partial charge on any atom is -0.358 e. The van der Waals surface area contributed by atoms with Crippen molar-refractivity contribution in [2.45, 2.75) is 6.92 Å². The summed E-state index contributed by atoms with van der Waals surface area (Å²) in [6.45, 7) is 1.84. The summed E-state index contributed by atoms with van der Waals surface area (Å²) in [6, 6.07) is 14.0. The summed E-state index contributed by atoms with van der Waals surface area (Å²) in [5, 5.41) is 3.36. The number of hydrogen-bond donors (Lipinski definition) is 2. The number of aryl methyl sites for hydroxylation is 1. The molecule has 0 bridgehead atoms. The molecule has 0 aliphatic rings. The predicted molar refractivity (Wildman–Crippen MR) is 91.4 cm³/mol. The molecular formula is C17H13BrN2O2. The highest BCUT2D eigenvalue weighted by Crippen LogP contribution is 2.19. The van der Waals surface area contributed by atoms with E-state index in [1.165, 1.54) is 0 Å². The lowest BCUT2D eigenvalue weighted by Crippen LogP contribution is -2.13. The minimum absolute atomic E-state index is 0.0664. The zero-order valence-electron chi connectivity index (χ0n) is 11.8. The third-order valence-corrected chi connectivity index (χ3v) is 4.03. The fourth-order valence-corrected chi connectivity index (χ4v) is 2.77. The summed E-state index contributed by atoms with van der Waals surface area (Å²) in [6.07, 6.45) is 0. The molecular weight excluding hydrogens is 344 g/mol. The van der Waals surface area contributed by atoms with Gasteiger partial charge in [-0.2, -0.15) is 0 Å². The van der Waals surface area contributed by atoms with Crippen molar-refractivity contribution in [2.24, 2.45) is 0 Å². The topological polar surface area (TPSA) is 62.0 Å². The molecule has 1 aromatic heterocycles. The number of pyridine rings is 1. The molecule has 0 fully saturated rings. The van der Waals surface area contributed by atoms with Crippen LogP contribution >= 0.6 is 15.9 Å². The average Bonchev–Trinajstić information content (AvgIpc) is 2.48. The number of aromatic amines is 1. The van der Waals surface area contributed by atoms with E-state index in [-0.39, 0.29) is 11.3 Å². The van der Waals surface area contributed by atoms with Crippen LogP contribution in [-0.4, -0.2) is 10.9 Å². The number of anilines is 1. The Kier molecular flexibility index (Phi) is 3.81. The van der Waals surface area contributed by atoms with Crippen molar-refractivity contribution < 1.29 is 4.79 Å². The first-order valence-corrected chi connectivity index (χ1v) is 7.53. The highest BCUT2D eigenvalue weighted by atomic mass is 79.9. The number of fused-ring (bicyclic) bond motifs is 1. The summed E-state index contributed by atoms with van der Waals surface area (Å²) in [5.74, 6) is -0.227. The van der Waals surface area contributed by atoms with Gasteiger partial charge < -0.3 is 10.3 Å². The van der Waals surface area contributed by atoms with E-state index in [9.17, 15) is 9.59 Å². The third kappa shape index (κ3) is 2.80. The summed E-state index contributed by atoms with van der Waals surface area (Å²) in [5.41, 5.74) is 2.62. The Morgan fingerprint density at radius 3 is 2.68 bits per heavy atom. The standard InChI is InChI=1S/C17H13BrN2O2/c1-10-8-16(21)13-9-11(6-7-15(13)19-10)20-17(22)12-4-2-3-5-14(12)18/h2-9H,1H3,(H,19,21)(H,20,22). The molecule has 3 aromatic rings. The maximum Gasteiger partial charge on any atom is 0.256 e. The van der Waals surface area contributed by atoms with E-state index in [2.05, 4.69) is 26.2 Å². The van der Waals surface area contributed by atoms with Crippen molar-refractivity contribution in [3.8, 4) is 0 Å². The van der Waals surface area contributed by atoms with Crippen LogP contribution in [0.1, 0.15) is 16.1 Å². The van der Waals surface area contributed by atoms with Crippen LogP contribution in [0.3, 0.4) is 0 Å². The fraction of sp³-hybridized carbons (Fsp3) is 0.0588. The van der Waals surface area contributed by atoms with Gasteiger partial charge >= 0.3 is 0 Å². The molecule has 0 atom stereocenters. The number of benzene rings is 2. The monoisotopic (exact) mass is 356 g/mol.